The van der Waals surface area contributed by atoms with Gasteiger partial charge in [0.15, 0.2) is 0 Å². The fourth-order valence-electron chi connectivity index (χ4n) is 1.34. The molecule has 7 heteroatoms. The van der Waals surface area contributed by atoms with Crippen molar-refractivity contribution in [1.29, 1.82) is 0 Å². The Kier molecular flexibility index (Phi) is 5.35. The Morgan fingerprint density at radius 1 is 1.40 bits per heavy atom. The number of hydrogen-bond acceptors (Lipinski definition) is 3. The topological polar surface area (TPSA) is 87.7 Å². The first kappa shape index (κ1) is 16.3. The van der Waals surface area contributed by atoms with Crippen molar-refractivity contribution in [3.63, 3.8) is 0 Å². The van der Waals surface area contributed by atoms with Crippen LogP contribution in [-0.4, -0.2) is 36.4 Å². The van der Waals surface area contributed by atoms with Crippen LogP contribution in [0.1, 0.15) is 24.2 Å². The summed E-state index contributed by atoms with van der Waals surface area (Å²) in [6.45, 7) is 3.91. The number of carboxylic acid groups (broad SMARTS) is 1. The zero-order valence-electron chi connectivity index (χ0n) is 11.5. The minimum Gasteiger partial charge on any atom is -0.478 e. The third-order valence-corrected chi connectivity index (χ3v) is 2.92. The largest absolute Gasteiger partial charge is 0.478 e. The number of carbonyl (C=O) groups excluding carboxylic acids is 1. The summed E-state index contributed by atoms with van der Waals surface area (Å²) < 4.78 is 5.16. The number of urea groups is 1. The number of hydrogen-bond donors (Lipinski definition) is 3. The smallest absolute Gasteiger partial charge is 0.337 e. The van der Waals surface area contributed by atoms with E-state index in [4.69, 9.17) is 21.4 Å². The van der Waals surface area contributed by atoms with Crippen molar-refractivity contribution >= 4 is 29.3 Å². The van der Waals surface area contributed by atoms with Gasteiger partial charge in [-0.15, -0.1) is 0 Å². The van der Waals surface area contributed by atoms with Crippen LogP contribution in [0.2, 0.25) is 5.02 Å². The maximum atomic E-state index is 11.7. The number of carbonyl (C=O) groups is 2. The molecule has 0 heterocycles. The van der Waals surface area contributed by atoms with E-state index in [1.807, 2.05) is 13.8 Å². The molecule has 0 bridgehead atoms. The predicted molar refractivity (Wildman–Crippen MR) is 76.5 cm³/mol. The number of rotatable bonds is 5. The number of benzene rings is 1. The van der Waals surface area contributed by atoms with Gasteiger partial charge in [0.2, 0.25) is 0 Å². The summed E-state index contributed by atoms with van der Waals surface area (Å²) in [6, 6.07) is 3.63. The molecule has 0 unspecified atom stereocenters. The first-order chi connectivity index (χ1) is 9.25. The molecule has 0 atom stereocenters. The van der Waals surface area contributed by atoms with Gasteiger partial charge < -0.3 is 20.5 Å². The van der Waals surface area contributed by atoms with Gasteiger partial charge >= 0.3 is 12.0 Å². The van der Waals surface area contributed by atoms with Crippen LogP contribution >= 0.6 is 11.6 Å². The SMILES string of the molecule is COC(C)(C)CNC(=O)Nc1cc(Cl)ccc1C(=O)O. The number of carboxylic acids is 1. The van der Waals surface area contributed by atoms with Crippen LogP contribution in [0.15, 0.2) is 18.2 Å². The van der Waals surface area contributed by atoms with Crippen molar-refractivity contribution in [2.24, 2.45) is 0 Å². The van der Waals surface area contributed by atoms with Gasteiger partial charge in [-0.3, -0.25) is 0 Å². The van der Waals surface area contributed by atoms with Gasteiger partial charge in [-0.05, 0) is 32.0 Å². The Bertz CT molecular complexity index is 517. The average molecular weight is 301 g/mol. The molecular weight excluding hydrogens is 284 g/mol. The summed E-state index contributed by atoms with van der Waals surface area (Å²) in [7, 11) is 1.54. The standard InChI is InChI=1S/C13H17ClN2O4/c1-13(2,20-3)7-15-12(19)16-10-6-8(14)4-5-9(10)11(17)18/h4-6H,7H2,1-3H3,(H,17,18)(H2,15,16,19). The van der Waals surface area contributed by atoms with Gasteiger partial charge in [-0.2, -0.15) is 0 Å². The highest BCUT2D eigenvalue weighted by Gasteiger charge is 2.18. The molecule has 0 saturated carbocycles. The fraction of sp³-hybridized carbons (Fsp3) is 0.385. The van der Waals surface area contributed by atoms with Gasteiger partial charge in [0, 0.05) is 18.7 Å². The molecule has 110 valence electrons. The minimum atomic E-state index is -1.14. The Hall–Kier alpha value is -1.79. The highest BCUT2D eigenvalue weighted by atomic mass is 35.5. The molecule has 0 fully saturated rings. The van der Waals surface area contributed by atoms with Crippen molar-refractivity contribution < 1.29 is 19.4 Å². The normalized spacial score (nSPS) is 11.0. The van der Waals surface area contributed by atoms with E-state index in [9.17, 15) is 9.59 Å². The van der Waals surface area contributed by atoms with Crippen LogP contribution in [0.25, 0.3) is 0 Å². The zero-order chi connectivity index (χ0) is 15.3. The summed E-state index contributed by atoms with van der Waals surface area (Å²) >= 11 is 5.79. The van der Waals surface area contributed by atoms with Crippen LogP contribution in [0.4, 0.5) is 10.5 Å². The van der Waals surface area contributed by atoms with E-state index >= 15 is 0 Å². The maximum Gasteiger partial charge on any atom is 0.337 e. The molecule has 0 aromatic heterocycles. The fourth-order valence-corrected chi connectivity index (χ4v) is 1.51. The Morgan fingerprint density at radius 3 is 2.60 bits per heavy atom. The molecule has 1 rings (SSSR count). The quantitative estimate of drug-likeness (QED) is 0.780. The molecule has 0 saturated heterocycles. The molecule has 0 spiro atoms. The van der Waals surface area contributed by atoms with Crippen molar-refractivity contribution in [2.75, 3.05) is 19.0 Å². The maximum absolute atomic E-state index is 11.7. The second kappa shape index (κ2) is 6.58. The Morgan fingerprint density at radius 2 is 2.05 bits per heavy atom. The molecule has 0 aliphatic carbocycles. The summed E-state index contributed by atoms with van der Waals surface area (Å²) in [6.07, 6.45) is 0. The van der Waals surface area contributed by atoms with Crippen LogP contribution in [-0.2, 0) is 4.74 Å². The molecule has 6 nitrogen and oxygen atoms in total. The lowest BCUT2D eigenvalue weighted by Gasteiger charge is -2.23. The third kappa shape index (κ3) is 4.71. The molecule has 3 N–H and O–H groups in total. The van der Waals surface area contributed by atoms with Crippen molar-refractivity contribution in [2.45, 2.75) is 19.4 Å². The monoisotopic (exact) mass is 300 g/mol. The second-order valence-corrected chi connectivity index (χ2v) is 5.20. The summed E-state index contributed by atoms with van der Waals surface area (Å²) in [5.74, 6) is -1.14. The van der Waals surface area contributed by atoms with Crippen molar-refractivity contribution in [1.82, 2.24) is 5.32 Å². The van der Waals surface area contributed by atoms with Gasteiger partial charge in [0.05, 0.1) is 16.9 Å². The highest BCUT2D eigenvalue weighted by Crippen LogP contribution is 2.21. The third-order valence-electron chi connectivity index (χ3n) is 2.69. The number of methoxy groups -OCH3 is 1. The second-order valence-electron chi connectivity index (χ2n) is 4.77. The van der Waals surface area contributed by atoms with Gasteiger partial charge in [0.25, 0.3) is 0 Å². The molecule has 1 aromatic rings. The number of aromatic carboxylic acids is 1. The Labute approximate surface area is 122 Å². The molecule has 0 aliphatic heterocycles. The average Bonchev–Trinajstić information content (AvgIpc) is 2.36. The van der Waals surface area contributed by atoms with Crippen LogP contribution in [0, 0.1) is 0 Å². The number of nitrogens with one attached hydrogen (secondary N) is 2. The van der Waals surface area contributed by atoms with Crippen LogP contribution in [0.3, 0.4) is 0 Å². The van der Waals surface area contributed by atoms with E-state index in [2.05, 4.69) is 10.6 Å². The van der Waals surface area contributed by atoms with Crippen LogP contribution < -0.4 is 10.6 Å². The first-order valence-corrected chi connectivity index (χ1v) is 6.26. The summed E-state index contributed by atoms with van der Waals surface area (Å²) in [4.78, 5) is 22.8. The Balaban J connectivity index is 2.75. The van der Waals surface area contributed by atoms with E-state index in [1.54, 1.807) is 7.11 Å². The molecular formula is C13H17ClN2O4. The number of halogens is 1. The molecule has 0 radical (unpaired) electrons. The lowest BCUT2D eigenvalue weighted by atomic mass is 10.1. The lowest BCUT2D eigenvalue weighted by Crippen LogP contribution is -2.41. The predicted octanol–water partition coefficient (Wildman–Crippen LogP) is 2.58. The zero-order valence-corrected chi connectivity index (χ0v) is 12.2. The minimum absolute atomic E-state index is 0.0319. The highest BCUT2D eigenvalue weighted by molar-refractivity contribution is 6.31. The first-order valence-electron chi connectivity index (χ1n) is 5.88. The number of ether oxygens (including phenoxy) is 1. The molecule has 2 amide bonds. The van der Waals surface area contributed by atoms with E-state index in [0.717, 1.165) is 0 Å². The number of anilines is 1. The number of amides is 2. The van der Waals surface area contributed by atoms with E-state index < -0.39 is 17.6 Å². The molecule has 0 aliphatic rings. The van der Waals surface area contributed by atoms with Crippen molar-refractivity contribution in [3.8, 4) is 0 Å². The van der Waals surface area contributed by atoms with Gasteiger partial charge in [-0.1, -0.05) is 11.6 Å². The van der Waals surface area contributed by atoms with Crippen LogP contribution in [0.5, 0.6) is 0 Å². The molecule has 20 heavy (non-hydrogen) atoms. The molecule has 1 aromatic carbocycles. The van der Waals surface area contributed by atoms with E-state index in [-0.39, 0.29) is 17.8 Å². The lowest BCUT2D eigenvalue weighted by molar-refractivity contribution is 0.0257. The van der Waals surface area contributed by atoms with E-state index in [0.29, 0.717) is 5.02 Å². The van der Waals surface area contributed by atoms with Crippen molar-refractivity contribution in [3.05, 3.63) is 28.8 Å². The van der Waals surface area contributed by atoms with Gasteiger partial charge in [0.1, 0.15) is 0 Å². The summed E-state index contributed by atoms with van der Waals surface area (Å²) in [5.41, 5.74) is -0.408. The summed E-state index contributed by atoms with van der Waals surface area (Å²) in [5, 5.41) is 14.4. The van der Waals surface area contributed by atoms with Gasteiger partial charge in [-0.25, -0.2) is 9.59 Å². The van der Waals surface area contributed by atoms with E-state index in [1.165, 1.54) is 18.2 Å².